The van der Waals surface area contributed by atoms with E-state index in [1.54, 1.807) is 30.5 Å². The van der Waals surface area contributed by atoms with E-state index >= 15 is 0 Å². The number of benzene rings is 1. The first-order chi connectivity index (χ1) is 17.4. The molecule has 1 saturated carbocycles. The van der Waals surface area contributed by atoms with E-state index in [0.29, 0.717) is 32.7 Å². The molecule has 188 valence electrons. The largest absolute Gasteiger partial charge is 0.512 e. The van der Waals surface area contributed by atoms with Gasteiger partial charge in [0, 0.05) is 30.1 Å². The van der Waals surface area contributed by atoms with Gasteiger partial charge in [0.2, 0.25) is 5.82 Å². The molecule has 9 nitrogen and oxygen atoms in total. The smallest absolute Gasteiger partial charge is 0.439 e. The standard InChI is InChI=1S/C25H25Cl2N5O4/c26-18-2-1-3-19(27)21(18)22(28)17(23(33)14-4-5-14)13-35-16-8-10-32(11-9-16)15-6-7-20(29-12-15)24-30-25(34)36-31-24/h1-3,6-7,12,14,16,28,33H,4-5,8-11,13H2,(H,30,31,34)/b23-17-,28-22?. The van der Waals surface area contributed by atoms with Crippen molar-refractivity contribution in [3.8, 4) is 11.5 Å². The third-order valence-corrected chi connectivity index (χ3v) is 7.12. The first-order valence-electron chi connectivity index (χ1n) is 11.7. The highest BCUT2D eigenvalue weighted by molar-refractivity contribution is 6.41. The number of aromatic amines is 1. The van der Waals surface area contributed by atoms with Crippen molar-refractivity contribution in [2.24, 2.45) is 5.92 Å². The molecular weight excluding hydrogens is 505 g/mol. The predicted octanol–water partition coefficient (Wildman–Crippen LogP) is 5.01. The zero-order valence-corrected chi connectivity index (χ0v) is 20.8. The van der Waals surface area contributed by atoms with Crippen LogP contribution in [0.15, 0.2) is 57.2 Å². The molecular formula is C25H25Cl2N5O4. The highest BCUT2D eigenvalue weighted by Crippen LogP contribution is 2.38. The van der Waals surface area contributed by atoms with Crippen LogP contribution in [0.1, 0.15) is 31.2 Å². The third-order valence-electron chi connectivity index (χ3n) is 6.49. The van der Waals surface area contributed by atoms with Gasteiger partial charge in [0.15, 0.2) is 0 Å². The van der Waals surface area contributed by atoms with Crippen molar-refractivity contribution in [1.82, 2.24) is 15.1 Å². The number of halogens is 2. The minimum absolute atomic E-state index is 0.00907. The fourth-order valence-corrected chi connectivity index (χ4v) is 4.89. The number of hydrogen-bond donors (Lipinski definition) is 3. The second-order valence-electron chi connectivity index (χ2n) is 8.95. The van der Waals surface area contributed by atoms with Gasteiger partial charge in [0.05, 0.1) is 40.4 Å². The lowest BCUT2D eigenvalue weighted by molar-refractivity contribution is 0.0524. The van der Waals surface area contributed by atoms with Crippen LogP contribution in [0.25, 0.3) is 11.5 Å². The molecule has 1 aromatic carbocycles. The van der Waals surface area contributed by atoms with Crippen molar-refractivity contribution in [2.75, 3.05) is 24.6 Å². The predicted molar refractivity (Wildman–Crippen MR) is 137 cm³/mol. The fraction of sp³-hybridized carbons (Fsp3) is 0.360. The Labute approximate surface area is 217 Å². The fourth-order valence-electron chi connectivity index (χ4n) is 4.30. The van der Waals surface area contributed by atoms with Gasteiger partial charge in [-0.15, -0.1) is 0 Å². The first kappa shape index (κ1) is 24.5. The summed E-state index contributed by atoms with van der Waals surface area (Å²) < 4.78 is 10.7. The minimum Gasteiger partial charge on any atom is -0.512 e. The molecule has 2 aliphatic rings. The highest BCUT2D eigenvalue weighted by Gasteiger charge is 2.31. The van der Waals surface area contributed by atoms with Crippen LogP contribution in [-0.2, 0) is 4.74 Å². The van der Waals surface area contributed by atoms with Gasteiger partial charge in [-0.05, 0) is 49.9 Å². The first-order valence-corrected chi connectivity index (χ1v) is 12.5. The molecule has 0 unspecified atom stereocenters. The van der Waals surface area contributed by atoms with Crippen LogP contribution >= 0.6 is 23.2 Å². The van der Waals surface area contributed by atoms with Crippen LogP contribution in [0.3, 0.4) is 0 Å². The average Bonchev–Trinajstić information content (AvgIpc) is 3.64. The summed E-state index contributed by atoms with van der Waals surface area (Å²) in [6.45, 7) is 1.67. The quantitative estimate of drug-likeness (QED) is 0.276. The highest BCUT2D eigenvalue weighted by atomic mass is 35.5. The monoisotopic (exact) mass is 529 g/mol. The van der Waals surface area contributed by atoms with Crippen molar-refractivity contribution >= 4 is 34.6 Å². The SMILES string of the molecule is N=C(/C(COC1CCN(c2ccc(-c3noc(=O)[nH]3)nc2)CC1)=C(\O)C1CC1)c1c(Cl)cccc1Cl. The van der Waals surface area contributed by atoms with E-state index < -0.39 is 5.76 Å². The molecule has 0 spiro atoms. The molecule has 1 aliphatic carbocycles. The molecule has 3 heterocycles. The lowest BCUT2D eigenvalue weighted by Crippen LogP contribution is -2.37. The molecule has 2 fully saturated rings. The number of H-pyrrole nitrogens is 1. The second-order valence-corrected chi connectivity index (χ2v) is 9.77. The molecule has 0 radical (unpaired) electrons. The van der Waals surface area contributed by atoms with E-state index in [1.165, 1.54) is 0 Å². The third kappa shape index (κ3) is 5.33. The maximum Gasteiger partial charge on any atom is 0.439 e. The van der Waals surface area contributed by atoms with Gasteiger partial charge in [-0.25, -0.2) is 4.79 Å². The van der Waals surface area contributed by atoms with Crippen LogP contribution < -0.4 is 10.7 Å². The average molecular weight is 530 g/mol. The van der Waals surface area contributed by atoms with Gasteiger partial charge < -0.3 is 14.7 Å². The summed E-state index contributed by atoms with van der Waals surface area (Å²) in [6, 6.07) is 8.82. The number of aliphatic hydroxyl groups is 1. The summed E-state index contributed by atoms with van der Waals surface area (Å²) in [5, 5.41) is 24.0. The number of aromatic nitrogens is 3. The van der Waals surface area contributed by atoms with Crippen LogP contribution in [-0.4, -0.2) is 51.7 Å². The van der Waals surface area contributed by atoms with Crippen molar-refractivity contribution in [3.63, 3.8) is 0 Å². The maximum atomic E-state index is 11.1. The number of anilines is 1. The Morgan fingerprint density at radius 1 is 1.17 bits per heavy atom. The van der Waals surface area contributed by atoms with Crippen LogP contribution in [0.2, 0.25) is 10.0 Å². The van der Waals surface area contributed by atoms with E-state index in [9.17, 15) is 9.90 Å². The van der Waals surface area contributed by atoms with Crippen molar-refractivity contribution in [1.29, 1.82) is 5.41 Å². The number of ether oxygens (including phenoxy) is 1. The molecule has 3 N–H and O–H groups in total. The molecule has 0 atom stereocenters. The Morgan fingerprint density at radius 2 is 1.89 bits per heavy atom. The number of hydrogen-bond acceptors (Lipinski definition) is 8. The topological polar surface area (TPSA) is 128 Å². The molecule has 1 aliphatic heterocycles. The molecule has 3 aromatic rings. The molecule has 0 amide bonds. The number of nitrogens with one attached hydrogen (secondary N) is 2. The second kappa shape index (κ2) is 10.5. The number of aliphatic hydroxyl groups excluding tert-OH is 1. The van der Waals surface area contributed by atoms with Crippen LogP contribution in [0.5, 0.6) is 0 Å². The Morgan fingerprint density at radius 3 is 2.47 bits per heavy atom. The Bertz CT molecular complexity index is 1320. The lowest BCUT2D eigenvalue weighted by Gasteiger charge is -2.33. The summed E-state index contributed by atoms with van der Waals surface area (Å²) in [7, 11) is 0. The van der Waals surface area contributed by atoms with Gasteiger partial charge in [0.25, 0.3) is 0 Å². The molecule has 11 heteroatoms. The number of allylic oxidation sites excluding steroid dienone is 1. The Hall–Kier alpha value is -3.14. The van der Waals surface area contributed by atoms with Gasteiger partial charge in [-0.1, -0.05) is 34.4 Å². The van der Waals surface area contributed by atoms with Crippen molar-refractivity contribution < 1.29 is 14.4 Å². The Kier molecular flexibility index (Phi) is 7.13. The van der Waals surface area contributed by atoms with E-state index in [-0.39, 0.29) is 30.1 Å². The number of piperidine rings is 1. The van der Waals surface area contributed by atoms with Gasteiger partial charge in [0.1, 0.15) is 11.5 Å². The Balaban J connectivity index is 1.21. The maximum absolute atomic E-state index is 11.1. The molecule has 36 heavy (non-hydrogen) atoms. The minimum atomic E-state index is -0.619. The van der Waals surface area contributed by atoms with Gasteiger partial charge >= 0.3 is 5.76 Å². The van der Waals surface area contributed by atoms with Crippen molar-refractivity contribution in [3.05, 3.63) is 74.0 Å². The number of rotatable bonds is 8. The van der Waals surface area contributed by atoms with E-state index in [2.05, 4.69) is 24.5 Å². The number of pyridine rings is 1. The summed E-state index contributed by atoms with van der Waals surface area (Å²) in [5.74, 6) is -0.0576. The zero-order valence-electron chi connectivity index (χ0n) is 19.3. The summed E-state index contributed by atoms with van der Waals surface area (Å²) in [4.78, 5) is 20.2. The molecule has 5 rings (SSSR count). The van der Waals surface area contributed by atoms with Crippen LogP contribution in [0.4, 0.5) is 5.69 Å². The van der Waals surface area contributed by atoms with Gasteiger partial charge in [-0.2, -0.15) is 0 Å². The van der Waals surface area contributed by atoms with Crippen molar-refractivity contribution in [2.45, 2.75) is 31.8 Å². The molecule has 1 saturated heterocycles. The molecule has 0 bridgehead atoms. The van der Waals surface area contributed by atoms with Gasteiger partial charge in [-0.3, -0.25) is 19.9 Å². The molecule has 2 aromatic heterocycles. The summed E-state index contributed by atoms with van der Waals surface area (Å²) >= 11 is 12.7. The summed E-state index contributed by atoms with van der Waals surface area (Å²) in [5.41, 5.74) is 2.45. The van der Waals surface area contributed by atoms with Crippen LogP contribution in [0, 0.1) is 11.3 Å². The van der Waals surface area contributed by atoms with E-state index in [0.717, 1.165) is 44.5 Å². The lowest BCUT2D eigenvalue weighted by atomic mass is 10.00. The van der Waals surface area contributed by atoms with E-state index in [1.807, 2.05) is 6.07 Å². The normalized spacial score (nSPS) is 17.2. The zero-order chi connectivity index (χ0) is 25.2. The summed E-state index contributed by atoms with van der Waals surface area (Å²) in [6.07, 6.45) is 5.11. The number of nitrogens with zero attached hydrogens (tertiary/aromatic N) is 3. The van der Waals surface area contributed by atoms with E-state index in [4.69, 9.17) is 33.3 Å².